The van der Waals surface area contributed by atoms with Crippen LogP contribution in [0.1, 0.15) is 35.7 Å². The van der Waals surface area contributed by atoms with Crippen molar-refractivity contribution < 1.29 is 23.4 Å². The Morgan fingerprint density at radius 1 is 1.10 bits per heavy atom. The van der Waals surface area contributed by atoms with Gasteiger partial charge in [-0.2, -0.15) is 0 Å². The first-order chi connectivity index (χ1) is 14.0. The van der Waals surface area contributed by atoms with Crippen LogP contribution in [-0.4, -0.2) is 24.7 Å². The van der Waals surface area contributed by atoms with Crippen LogP contribution in [0.25, 0.3) is 11.5 Å². The smallest absolute Gasteiger partial charge is 0.338 e. The lowest BCUT2D eigenvalue weighted by Gasteiger charge is -2.13. The molecule has 3 aromatic rings. The van der Waals surface area contributed by atoms with Crippen LogP contribution >= 0.6 is 0 Å². The zero-order valence-electron chi connectivity index (χ0n) is 17.1. The second-order valence-electron chi connectivity index (χ2n) is 7.03. The summed E-state index contributed by atoms with van der Waals surface area (Å²) < 4.78 is 22.2. The summed E-state index contributed by atoms with van der Waals surface area (Å²) in [5.74, 6) is 2.12. The standard InChI is InChI=1S/C23H25NO5/c1-15(2)13-27-20-11-10-18(12-21(20)26-4)23(25)28-14-19-16(3)29-22(24-19)17-8-6-5-7-9-17/h5-12,15H,13-14H2,1-4H3. The van der Waals surface area contributed by atoms with Crippen LogP contribution in [0.5, 0.6) is 11.5 Å². The molecule has 0 N–H and O–H groups in total. The number of hydrogen-bond donors (Lipinski definition) is 0. The first kappa shape index (κ1) is 20.5. The number of aromatic nitrogens is 1. The second kappa shape index (κ2) is 9.28. The van der Waals surface area contributed by atoms with Crippen molar-refractivity contribution in [1.29, 1.82) is 0 Å². The molecule has 0 atom stereocenters. The van der Waals surface area contributed by atoms with Crippen molar-refractivity contribution >= 4 is 5.97 Å². The third kappa shape index (κ3) is 5.16. The molecular formula is C23H25NO5. The number of benzene rings is 2. The number of carbonyl (C=O) groups excluding carboxylic acids is 1. The molecule has 0 aliphatic carbocycles. The Morgan fingerprint density at radius 2 is 1.86 bits per heavy atom. The average Bonchev–Trinajstić information content (AvgIpc) is 3.11. The van der Waals surface area contributed by atoms with Crippen LogP contribution in [-0.2, 0) is 11.3 Å². The van der Waals surface area contributed by atoms with E-state index in [0.29, 0.717) is 46.9 Å². The number of carbonyl (C=O) groups is 1. The minimum absolute atomic E-state index is 0.0227. The maximum absolute atomic E-state index is 12.5. The van der Waals surface area contributed by atoms with Crippen molar-refractivity contribution in [2.24, 2.45) is 5.92 Å². The Labute approximate surface area is 170 Å². The molecule has 0 bridgehead atoms. The van der Waals surface area contributed by atoms with E-state index in [-0.39, 0.29) is 6.61 Å². The summed E-state index contributed by atoms with van der Waals surface area (Å²) in [4.78, 5) is 16.9. The van der Waals surface area contributed by atoms with Crippen molar-refractivity contribution in [1.82, 2.24) is 4.98 Å². The molecule has 0 radical (unpaired) electrons. The zero-order chi connectivity index (χ0) is 20.8. The largest absolute Gasteiger partial charge is 0.493 e. The van der Waals surface area contributed by atoms with E-state index in [1.165, 1.54) is 7.11 Å². The molecule has 0 spiro atoms. The molecule has 0 aliphatic rings. The lowest BCUT2D eigenvalue weighted by atomic mass is 10.2. The van der Waals surface area contributed by atoms with Gasteiger partial charge in [-0.05, 0) is 43.2 Å². The average molecular weight is 395 g/mol. The van der Waals surface area contributed by atoms with E-state index in [9.17, 15) is 4.79 Å². The lowest BCUT2D eigenvalue weighted by molar-refractivity contribution is 0.0466. The molecule has 6 nitrogen and oxygen atoms in total. The minimum atomic E-state index is -0.470. The Balaban J connectivity index is 1.67. The van der Waals surface area contributed by atoms with Crippen LogP contribution in [0, 0.1) is 12.8 Å². The lowest BCUT2D eigenvalue weighted by Crippen LogP contribution is -2.08. The molecule has 0 fully saturated rings. The van der Waals surface area contributed by atoms with Crippen LogP contribution in [0.15, 0.2) is 52.9 Å². The van der Waals surface area contributed by atoms with Crippen molar-refractivity contribution in [2.45, 2.75) is 27.4 Å². The number of methoxy groups -OCH3 is 1. The topological polar surface area (TPSA) is 70.8 Å². The number of aryl methyl sites for hydroxylation is 1. The van der Waals surface area contributed by atoms with Gasteiger partial charge in [0, 0.05) is 5.56 Å². The van der Waals surface area contributed by atoms with E-state index >= 15 is 0 Å². The van der Waals surface area contributed by atoms with E-state index < -0.39 is 5.97 Å². The Morgan fingerprint density at radius 3 is 2.55 bits per heavy atom. The normalized spacial score (nSPS) is 10.8. The van der Waals surface area contributed by atoms with E-state index in [0.717, 1.165) is 5.56 Å². The Kier molecular flexibility index (Phi) is 6.54. The predicted octanol–water partition coefficient (Wildman–Crippen LogP) is 5.05. The third-order valence-corrected chi connectivity index (χ3v) is 4.22. The van der Waals surface area contributed by atoms with Gasteiger partial charge in [-0.25, -0.2) is 9.78 Å². The predicted molar refractivity (Wildman–Crippen MR) is 109 cm³/mol. The molecule has 0 saturated carbocycles. The summed E-state index contributed by atoms with van der Waals surface area (Å²) in [7, 11) is 1.54. The molecule has 2 aromatic carbocycles. The molecular weight excluding hydrogens is 370 g/mol. The van der Waals surface area contributed by atoms with Gasteiger partial charge in [-0.3, -0.25) is 0 Å². The van der Waals surface area contributed by atoms with Crippen molar-refractivity contribution in [2.75, 3.05) is 13.7 Å². The highest BCUT2D eigenvalue weighted by Gasteiger charge is 2.16. The number of ether oxygens (including phenoxy) is 3. The number of hydrogen-bond acceptors (Lipinski definition) is 6. The third-order valence-electron chi connectivity index (χ3n) is 4.22. The molecule has 0 unspecified atom stereocenters. The fourth-order valence-corrected chi connectivity index (χ4v) is 2.65. The summed E-state index contributed by atoms with van der Waals surface area (Å²) in [6, 6.07) is 14.6. The van der Waals surface area contributed by atoms with Gasteiger partial charge in [-0.1, -0.05) is 32.0 Å². The molecule has 29 heavy (non-hydrogen) atoms. The van der Waals surface area contributed by atoms with Crippen LogP contribution < -0.4 is 9.47 Å². The molecule has 0 saturated heterocycles. The highest BCUT2D eigenvalue weighted by Crippen LogP contribution is 2.29. The number of esters is 1. The van der Waals surface area contributed by atoms with E-state index in [1.807, 2.05) is 30.3 Å². The first-order valence-electron chi connectivity index (χ1n) is 9.47. The van der Waals surface area contributed by atoms with Gasteiger partial charge in [0.2, 0.25) is 5.89 Å². The molecule has 1 aromatic heterocycles. The summed E-state index contributed by atoms with van der Waals surface area (Å²) in [5, 5.41) is 0. The van der Waals surface area contributed by atoms with Gasteiger partial charge in [-0.15, -0.1) is 0 Å². The van der Waals surface area contributed by atoms with Gasteiger partial charge < -0.3 is 18.6 Å². The fourth-order valence-electron chi connectivity index (χ4n) is 2.65. The minimum Gasteiger partial charge on any atom is -0.493 e. The Bertz CT molecular complexity index is 963. The van der Waals surface area contributed by atoms with Gasteiger partial charge in [0.15, 0.2) is 11.5 Å². The van der Waals surface area contributed by atoms with Crippen molar-refractivity contribution in [3.05, 3.63) is 65.5 Å². The number of oxazole rings is 1. The summed E-state index contributed by atoms with van der Waals surface area (Å²) in [6.07, 6.45) is 0. The van der Waals surface area contributed by atoms with Gasteiger partial charge >= 0.3 is 5.97 Å². The highest BCUT2D eigenvalue weighted by molar-refractivity contribution is 5.90. The second-order valence-corrected chi connectivity index (χ2v) is 7.03. The maximum atomic E-state index is 12.5. The van der Waals surface area contributed by atoms with Gasteiger partial charge in [0.05, 0.1) is 19.3 Å². The number of nitrogens with zero attached hydrogens (tertiary/aromatic N) is 1. The zero-order valence-corrected chi connectivity index (χ0v) is 17.1. The van der Waals surface area contributed by atoms with E-state index in [4.69, 9.17) is 18.6 Å². The van der Waals surface area contributed by atoms with E-state index in [1.54, 1.807) is 25.1 Å². The van der Waals surface area contributed by atoms with Gasteiger partial charge in [0.1, 0.15) is 18.1 Å². The SMILES string of the molecule is COc1cc(C(=O)OCc2nc(-c3ccccc3)oc2C)ccc1OCC(C)C. The van der Waals surface area contributed by atoms with Crippen LogP contribution in [0.4, 0.5) is 0 Å². The van der Waals surface area contributed by atoms with Crippen molar-refractivity contribution in [3.63, 3.8) is 0 Å². The number of rotatable bonds is 8. The summed E-state index contributed by atoms with van der Waals surface area (Å²) in [5.41, 5.74) is 1.83. The quantitative estimate of drug-likeness (QED) is 0.497. The van der Waals surface area contributed by atoms with Gasteiger partial charge in [0.25, 0.3) is 0 Å². The monoisotopic (exact) mass is 395 g/mol. The maximum Gasteiger partial charge on any atom is 0.338 e. The Hall–Kier alpha value is -3.28. The molecule has 0 amide bonds. The molecule has 6 heteroatoms. The molecule has 152 valence electrons. The van der Waals surface area contributed by atoms with Crippen molar-refractivity contribution in [3.8, 4) is 23.0 Å². The van der Waals surface area contributed by atoms with Crippen LogP contribution in [0.2, 0.25) is 0 Å². The molecule has 1 heterocycles. The summed E-state index contributed by atoms with van der Waals surface area (Å²) in [6.45, 7) is 6.51. The van der Waals surface area contributed by atoms with Crippen LogP contribution in [0.3, 0.4) is 0 Å². The molecule has 3 rings (SSSR count). The highest BCUT2D eigenvalue weighted by atomic mass is 16.5. The van der Waals surface area contributed by atoms with E-state index in [2.05, 4.69) is 18.8 Å². The summed E-state index contributed by atoms with van der Waals surface area (Å²) >= 11 is 0. The fraction of sp³-hybridized carbons (Fsp3) is 0.304. The first-order valence-corrected chi connectivity index (χ1v) is 9.47. The molecule has 0 aliphatic heterocycles.